The molecule has 4 aromatic rings. The van der Waals surface area contributed by atoms with E-state index < -0.39 is 126 Å². The van der Waals surface area contributed by atoms with Crippen LogP contribution in [0, 0.1) is 0 Å². The van der Waals surface area contributed by atoms with Crippen LogP contribution in [0.15, 0.2) is 63.8 Å². The molecular formula is C35H34O19. The highest BCUT2D eigenvalue weighted by atomic mass is 16.7. The van der Waals surface area contributed by atoms with Crippen LogP contribution in [0.2, 0.25) is 0 Å². The first kappa shape index (κ1) is 38.1. The highest BCUT2D eigenvalue weighted by molar-refractivity contribution is 5.89. The standard InChI is InChI=1S/C35H34O19/c36-15-9-20(41)25-22(10-15)51-31(14-3-5-17(38)19(40)8-14)32(28(25)46)54-34-30(48)29(47)27(45)23(52-34)12-50-35-33(26(44)21(42)11-49-35)53-24(43)6-2-13-1-4-16(37)18(39)7-13/h1-10,21,23,26-27,29-30,33-42,44-45,47-48H,11-12H2/b6-2+/t21-,23+,26+,27-,29+,30+,33+,34-,35-/m0/s1. The summed E-state index contributed by atoms with van der Waals surface area (Å²) in [4.78, 5) is 26.4. The number of aliphatic hydroxyl groups is 5. The fraction of sp³-hybridized carbons (Fsp3) is 0.314. The molecule has 0 amide bonds. The van der Waals surface area contributed by atoms with Gasteiger partial charge in [0, 0.05) is 23.8 Å². The maximum atomic E-state index is 13.7. The Labute approximate surface area is 302 Å². The van der Waals surface area contributed by atoms with Crippen LogP contribution in [-0.4, -0.2) is 131 Å². The summed E-state index contributed by atoms with van der Waals surface area (Å²) in [6.07, 6.45) is -13.9. The lowest BCUT2D eigenvalue weighted by Crippen LogP contribution is -2.61. The number of carbonyl (C=O) groups excluding carboxylic acids is 1. The van der Waals surface area contributed by atoms with Crippen molar-refractivity contribution in [1.82, 2.24) is 0 Å². The summed E-state index contributed by atoms with van der Waals surface area (Å²) in [6, 6.07) is 8.85. The molecule has 0 spiro atoms. The van der Waals surface area contributed by atoms with Crippen molar-refractivity contribution in [3.05, 3.63) is 70.4 Å². The SMILES string of the molecule is O=C(/C=C/c1ccc(O)c(O)c1)O[C@H]1[C@H](OC[C@H]2O[C@@H](Oc3c(-c4ccc(O)c(O)c4)oc4cc(O)cc(O)c4c3=O)[C@H](O)[C@H](O)[C@H]2O)OC[C@H](O)[C@H]1O. The van der Waals surface area contributed by atoms with Gasteiger partial charge in [0.05, 0.1) is 13.2 Å². The van der Waals surface area contributed by atoms with Gasteiger partial charge in [0.15, 0.2) is 41.2 Å². The first-order valence-corrected chi connectivity index (χ1v) is 16.0. The topological polar surface area (TPSA) is 316 Å². The second kappa shape index (κ2) is 15.4. The van der Waals surface area contributed by atoms with Crippen LogP contribution in [0.25, 0.3) is 28.4 Å². The van der Waals surface area contributed by atoms with E-state index in [1.54, 1.807) is 0 Å². The van der Waals surface area contributed by atoms with Gasteiger partial charge in [-0.25, -0.2) is 4.79 Å². The first-order valence-electron chi connectivity index (χ1n) is 16.0. The minimum Gasteiger partial charge on any atom is -0.508 e. The molecule has 9 atom stereocenters. The summed E-state index contributed by atoms with van der Waals surface area (Å²) in [6.45, 7) is -1.19. The maximum Gasteiger partial charge on any atom is 0.331 e. The highest BCUT2D eigenvalue weighted by Crippen LogP contribution is 2.39. The van der Waals surface area contributed by atoms with E-state index in [0.717, 1.165) is 36.4 Å². The summed E-state index contributed by atoms with van der Waals surface area (Å²) < 4.78 is 33.5. The van der Waals surface area contributed by atoms with Gasteiger partial charge in [-0.05, 0) is 42.0 Å². The predicted molar refractivity (Wildman–Crippen MR) is 178 cm³/mol. The highest BCUT2D eigenvalue weighted by Gasteiger charge is 2.48. The molecule has 0 radical (unpaired) electrons. The number of hydrogen-bond donors (Lipinski definition) is 11. The molecular weight excluding hydrogens is 724 g/mol. The fourth-order valence-corrected chi connectivity index (χ4v) is 5.70. The lowest BCUT2D eigenvalue weighted by atomic mass is 9.99. The number of carbonyl (C=O) groups is 1. The molecule has 6 rings (SSSR count). The minimum absolute atomic E-state index is 0.0697. The van der Waals surface area contributed by atoms with E-state index in [1.165, 1.54) is 24.3 Å². The van der Waals surface area contributed by atoms with E-state index in [4.69, 9.17) is 28.1 Å². The number of esters is 1. The van der Waals surface area contributed by atoms with Crippen LogP contribution in [0.4, 0.5) is 0 Å². The van der Waals surface area contributed by atoms with Crippen molar-refractivity contribution in [2.45, 2.75) is 55.3 Å². The molecule has 3 aromatic carbocycles. The van der Waals surface area contributed by atoms with Gasteiger partial charge in [0.2, 0.25) is 17.5 Å². The van der Waals surface area contributed by atoms with E-state index in [2.05, 4.69) is 0 Å². The number of phenolic OH excluding ortho intramolecular Hbond substituents is 6. The van der Waals surface area contributed by atoms with Crippen molar-refractivity contribution >= 4 is 23.0 Å². The van der Waals surface area contributed by atoms with E-state index in [0.29, 0.717) is 5.56 Å². The van der Waals surface area contributed by atoms with Crippen molar-refractivity contribution in [2.75, 3.05) is 13.2 Å². The summed E-state index contributed by atoms with van der Waals surface area (Å²) in [5.41, 5.74) is -1.17. The Balaban J connectivity index is 1.23. The quantitative estimate of drug-likeness (QED) is 0.0588. The van der Waals surface area contributed by atoms with E-state index in [9.17, 15) is 65.8 Å². The number of fused-ring (bicyclic) bond motifs is 1. The normalized spacial score (nSPS) is 27.2. The molecule has 54 heavy (non-hydrogen) atoms. The first-order chi connectivity index (χ1) is 25.6. The minimum atomic E-state index is -2.04. The van der Waals surface area contributed by atoms with Gasteiger partial charge in [-0.2, -0.15) is 0 Å². The molecule has 1 aromatic heterocycles. The van der Waals surface area contributed by atoms with Gasteiger partial charge < -0.3 is 84.3 Å². The zero-order valence-electron chi connectivity index (χ0n) is 27.6. The monoisotopic (exact) mass is 758 g/mol. The zero-order chi connectivity index (χ0) is 39.0. The van der Waals surface area contributed by atoms with Crippen LogP contribution in [-0.2, 0) is 23.7 Å². The summed E-state index contributed by atoms with van der Waals surface area (Å²) >= 11 is 0. The van der Waals surface area contributed by atoms with Crippen molar-refractivity contribution in [3.63, 3.8) is 0 Å². The van der Waals surface area contributed by atoms with Crippen LogP contribution in [0.3, 0.4) is 0 Å². The average Bonchev–Trinajstić information content (AvgIpc) is 3.12. The third-order valence-electron chi connectivity index (χ3n) is 8.58. The molecule has 2 aliphatic rings. The molecule has 11 N–H and O–H groups in total. The van der Waals surface area contributed by atoms with Gasteiger partial charge in [-0.15, -0.1) is 0 Å². The lowest BCUT2D eigenvalue weighted by molar-refractivity contribution is -0.308. The maximum absolute atomic E-state index is 13.7. The van der Waals surface area contributed by atoms with Gasteiger partial charge in [-0.3, -0.25) is 4.79 Å². The third-order valence-corrected chi connectivity index (χ3v) is 8.58. The van der Waals surface area contributed by atoms with Crippen molar-refractivity contribution < 1.29 is 89.1 Å². The van der Waals surface area contributed by atoms with Crippen molar-refractivity contribution in [2.24, 2.45) is 0 Å². The zero-order valence-corrected chi connectivity index (χ0v) is 27.6. The molecule has 288 valence electrons. The van der Waals surface area contributed by atoms with Gasteiger partial charge in [-0.1, -0.05) is 6.07 Å². The Morgan fingerprint density at radius 3 is 2.19 bits per heavy atom. The van der Waals surface area contributed by atoms with Crippen LogP contribution >= 0.6 is 0 Å². The lowest BCUT2D eigenvalue weighted by Gasteiger charge is -2.41. The number of aromatic hydroxyl groups is 6. The number of rotatable bonds is 9. The molecule has 19 heteroatoms. The van der Waals surface area contributed by atoms with E-state index in [1.807, 2.05) is 0 Å². The smallest absolute Gasteiger partial charge is 0.331 e. The Bertz CT molecular complexity index is 2110. The molecule has 19 nitrogen and oxygen atoms in total. The number of ether oxygens (including phenoxy) is 5. The van der Waals surface area contributed by atoms with Crippen LogP contribution in [0.1, 0.15) is 5.56 Å². The molecule has 2 fully saturated rings. The molecule has 0 unspecified atom stereocenters. The Kier molecular flexibility index (Phi) is 10.8. The Morgan fingerprint density at radius 2 is 1.48 bits per heavy atom. The number of phenols is 6. The molecule has 0 saturated carbocycles. The molecule has 0 aliphatic carbocycles. The second-order valence-electron chi connectivity index (χ2n) is 12.3. The van der Waals surface area contributed by atoms with Gasteiger partial charge in [0.1, 0.15) is 59.1 Å². The van der Waals surface area contributed by atoms with Crippen molar-refractivity contribution in [1.29, 1.82) is 0 Å². The summed E-state index contributed by atoms with van der Waals surface area (Å²) in [5.74, 6) is -5.43. The van der Waals surface area contributed by atoms with Gasteiger partial charge in [0.25, 0.3) is 0 Å². The number of hydrogen-bond acceptors (Lipinski definition) is 19. The Hall–Kier alpha value is -5.64. The largest absolute Gasteiger partial charge is 0.508 e. The van der Waals surface area contributed by atoms with Crippen LogP contribution in [0.5, 0.6) is 40.2 Å². The predicted octanol–water partition coefficient (Wildman–Crippen LogP) is -0.400. The second-order valence-corrected chi connectivity index (χ2v) is 12.3. The fourth-order valence-electron chi connectivity index (χ4n) is 5.70. The number of benzene rings is 3. The number of aliphatic hydroxyl groups excluding tert-OH is 5. The third kappa shape index (κ3) is 7.69. The molecule has 3 heterocycles. The Morgan fingerprint density at radius 1 is 0.778 bits per heavy atom. The van der Waals surface area contributed by atoms with E-state index >= 15 is 0 Å². The van der Waals surface area contributed by atoms with Crippen molar-refractivity contribution in [3.8, 4) is 51.6 Å². The average molecular weight is 759 g/mol. The molecule has 2 aliphatic heterocycles. The summed E-state index contributed by atoms with van der Waals surface area (Å²) in [7, 11) is 0. The van der Waals surface area contributed by atoms with Crippen LogP contribution < -0.4 is 10.2 Å². The van der Waals surface area contributed by atoms with Gasteiger partial charge >= 0.3 is 5.97 Å². The molecule has 0 bridgehead atoms. The molecule has 2 saturated heterocycles. The summed E-state index contributed by atoms with van der Waals surface area (Å²) in [5, 5.41) is 112. The van der Waals surface area contributed by atoms with E-state index in [-0.39, 0.29) is 16.9 Å².